The molecule has 102 valence electrons. The second-order valence-corrected chi connectivity index (χ2v) is 6.00. The standard InChI is InChI=1S/C13H23N3O2/c1-13(2)10-15(3-6-18-13)8-12-14-7-11-9-17-5-4-16(11)12/h11H,3-10H2,1-2H3. The van der Waals surface area contributed by atoms with E-state index in [0.29, 0.717) is 6.04 Å². The largest absolute Gasteiger partial charge is 0.377 e. The number of ether oxygens (including phenoxy) is 2. The summed E-state index contributed by atoms with van der Waals surface area (Å²) in [5, 5.41) is 0. The lowest BCUT2D eigenvalue weighted by Gasteiger charge is -2.40. The minimum absolute atomic E-state index is 0.0260. The molecule has 1 atom stereocenters. The first-order valence-electron chi connectivity index (χ1n) is 6.88. The second kappa shape index (κ2) is 4.79. The van der Waals surface area contributed by atoms with Gasteiger partial charge in [-0.15, -0.1) is 0 Å². The summed E-state index contributed by atoms with van der Waals surface area (Å²) in [5.41, 5.74) is -0.0260. The van der Waals surface area contributed by atoms with Gasteiger partial charge in [0.25, 0.3) is 0 Å². The smallest absolute Gasteiger partial charge is 0.114 e. The Hall–Kier alpha value is -0.650. The third-order valence-electron chi connectivity index (χ3n) is 3.91. The van der Waals surface area contributed by atoms with Gasteiger partial charge < -0.3 is 14.4 Å². The molecule has 1 unspecified atom stereocenters. The first-order chi connectivity index (χ1) is 8.64. The summed E-state index contributed by atoms with van der Waals surface area (Å²) >= 11 is 0. The monoisotopic (exact) mass is 253 g/mol. The van der Waals surface area contributed by atoms with Crippen LogP contribution >= 0.6 is 0 Å². The average molecular weight is 253 g/mol. The van der Waals surface area contributed by atoms with Crippen molar-refractivity contribution in [3.63, 3.8) is 0 Å². The molecule has 3 rings (SSSR count). The number of nitrogens with zero attached hydrogens (tertiary/aromatic N) is 3. The van der Waals surface area contributed by atoms with E-state index >= 15 is 0 Å². The van der Waals surface area contributed by atoms with Crippen LogP contribution in [0.3, 0.4) is 0 Å². The SMILES string of the molecule is CC1(C)CN(CC2=NCC3COCCN23)CCO1. The number of morpholine rings is 2. The van der Waals surface area contributed by atoms with Crippen LogP contribution in [0.25, 0.3) is 0 Å². The molecule has 3 heterocycles. The van der Waals surface area contributed by atoms with Crippen LogP contribution in [0.2, 0.25) is 0 Å². The summed E-state index contributed by atoms with van der Waals surface area (Å²) < 4.78 is 11.3. The van der Waals surface area contributed by atoms with E-state index < -0.39 is 0 Å². The molecule has 18 heavy (non-hydrogen) atoms. The average Bonchev–Trinajstić information content (AvgIpc) is 2.72. The Balaban J connectivity index is 1.59. The minimum Gasteiger partial charge on any atom is -0.377 e. The molecular weight excluding hydrogens is 230 g/mol. The number of hydrogen-bond donors (Lipinski definition) is 0. The predicted octanol–water partition coefficient (Wildman–Crippen LogP) is 0.210. The fraction of sp³-hybridized carbons (Fsp3) is 0.923. The summed E-state index contributed by atoms with van der Waals surface area (Å²) in [6, 6.07) is 0.489. The van der Waals surface area contributed by atoms with Crippen LogP contribution in [-0.2, 0) is 9.47 Å². The lowest BCUT2D eigenvalue weighted by atomic mass is 10.1. The fourth-order valence-corrected chi connectivity index (χ4v) is 3.04. The molecule has 0 aromatic heterocycles. The van der Waals surface area contributed by atoms with Gasteiger partial charge in [-0.3, -0.25) is 9.89 Å². The van der Waals surface area contributed by atoms with Crippen LogP contribution in [0.5, 0.6) is 0 Å². The van der Waals surface area contributed by atoms with Crippen molar-refractivity contribution < 1.29 is 9.47 Å². The summed E-state index contributed by atoms with van der Waals surface area (Å²) in [6.07, 6.45) is 0. The van der Waals surface area contributed by atoms with Crippen LogP contribution in [-0.4, -0.2) is 79.8 Å². The van der Waals surface area contributed by atoms with Crippen molar-refractivity contribution in [1.82, 2.24) is 9.80 Å². The number of rotatable bonds is 2. The first kappa shape index (κ1) is 12.4. The topological polar surface area (TPSA) is 37.3 Å². The fourth-order valence-electron chi connectivity index (χ4n) is 3.04. The molecule has 5 nitrogen and oxygen atoms in total. The summed E-state index contributed by atoms with van der Waals surface area (Å²) in [4.78, 5) is 9.60. The van der Waals surface area contributed by atoms with E-state index in [2.05, 4.69) is 23.6 Å². The van der Waals surface area contributed by atoms with E-state index in [4.69, 9.17) is 14.5 Å². The van der Waals surface area contributed by atoms with Gasteiger partial charge in [0, 0.05) is 19.6 Å². The third-order valence-corrected chi connectivity index (χ3v) is 3.91. The number of aliphatic imine (C=N–C) groups is 1. The lowest BCUT2D eigenvalue weighted by molar-refractivity contribution is -0.0826. The number of hydrogen-bond acceptors (Lipinski definition) is 5. The van der Waals surface area contributed by atoms with Crippen molar-refractivity contribution in [2.75, 3.05) is 52.5 Å². The molecule has 3 aliphatic rings. The van der Waals surface area contributed by atoms with Gasteiger partial charge >= 0.3 is 0 Å². The van der Waals surface area contributed by atoms with Crippen molar-refractivity contribution >= 4 is 5.84 Å². The Kier molecular flexibility index (Phi) is 3.30. The van der Waals surface area contributed by atoms with Crippen LogP contribution in [0.15, 0.2) is 4.99 Å². The van der Waals surface area contributed by atoms with Gasteiger partial charge in [0.2, 0.25) is 0 Å². The molecule has 2 saturated heterocycles. The van der Waals surface area contributed by atoms with Crippen LogP contribution in [0.1, 0.15) is 13.8 Å². The number of amidine groups is 1. The van der Waals surface area contributed by atoms with Gasteiger partial charge in [0.15, 0.2) is 0 Å². The van der Waals surface area contributed by atoms with E-state index in [0.717, 1.165) is 52.5 Å². The van der Waals surface area contributed by atoms with E-state index in [1.165, 1.54) is 5.84 Å². The zero-order chi connectivity index (χ0) is 12.6. The maximum atomic E-state index is 5.75. The van der Waals surface area contributed by atoms with Gasteiger partial charge in [-0.05, 0) is 13.8 Å². The van der Waals surface area contributed by atoms with E-state index in [1.807, 2.05) is 0 Å². The molecule has 0 N–H and O–H groups in total. The van der Waals surface area contributed by atoms with Gasteiger partial charge in [-0.25, -0.2) is 0 Å². The maximum absolute atomic E-state index is 5.75. The third kappa shape index (κ3) is 2.53. The van der Waals surface area contributed by atoms with Crippen LogP contribution in [0, 0.1) is 0 Å². The zero-order valence-electron chi connectivity index (χ0n) is 11.4. The summed E-state index contributed by atoms with van der Waals surface area (Å²) in [6.45, 7) is 11.7. The highest BCUT2D eigenvalue weighted by molar-refractivity contribution is 5.86. The molecular formula is C13H23N3O2. The second-order valence-electron chi connectivity index (χ2n) is 6.00. The Bertz CT molecular complexity index is 343. The Labute approximate surface area is 109 Å². The first-order valence-corrected chi connectivity index (χ1v) is 6.88. The molecule has 0 spiro atoms. The van der Waals surface area contributed by atoms with Gasteiger partial charge in [-0.1, -0.05) is 0 Å². The summed E-state index contributed by atoms with van der Waals surface area (Å²) in [7, 11) is 0. The predicted molar refractivity (Wildman–Crippen MR) is 70.1 cm³/mol. The highest BCUT2D eigenvalue weighted by Crippen LogP contribution is 2.19. The van der Waals surface area contributed by atoms with E-state index in [-0.39, 0.29) is 5.60 Å². The van der Waals surface area contributed by atoms with Gasteiger partial charge in [0.1, 0.15) is 5.84 Å². The molecule has 0 saturated carbocycles. The van der Waals surface area contributed by atoms with E-state index in [9.17, 15) is 0 Å². The van der Waals surface area contributed by atoms with E-state index in [1.54, 1.807) is 0 Å². The lowest BCUT2D eigenvalue weighted by Crippen LogP contribution is -2.53. The molecule has 0 radical (unpaired) electrons. The summed E-state index contributed by atoms with van der Waals surface area (Å²) in [5.74, 6) is 1.25. The molecule has 3 aliphatic heterocycles. The van der Waals surface area contributed by atoms with Crippen molar-refractivity contribution in [2.24, 2.45) is 4.99 Å². The Morgan fingerprint density at radius 3 is 3.06 bits per heavy atom. The quantitative estimate of drug-likeness (QED) is 0.705. The van der Waals surface area contributed by atoms with Gasteiger partial charge in [0.05, 0.1) is 44.6 Å². The van der Waals surface area contributed by atoms with Gasteiger partial charge in [-0.2, -0.15) is 0 Å². The Morgan fingerprint density at radius 2 is 2.22 bits per heavy atom. The Morgan fingerprint density at radius 1 is 1.33 bits per heavy atom. The molecule has 2 fully saturated rings. The normalized spacial score (nSPS) is 32.2. The van der Waals surface area contributed by atoms with Crippen molar-refractivity contribution in [2.45, 2.75) is 25.5 Å². The highest BCUT2D eigenvalue weighted by atomic mass is 16.5. The van der Waals surface area contributed by atoms with Crippen molar-refractivity contribution in [3.05, 3.63) is 0 Å². The molecule has 0 aliphatic carbocycles. The maximum Gasteiger partial charge on any atom is 0.114 e. The van der Waals surface area contributed by atoms with Crippen molar-refractivity contribution in [3.8, 4) is 0 Å². The number of fused-ring (bicyclic) bond motifs is 1. The molecule has 0 bridgehead atoms. The van der Waals surface area contributed by atoms with Crippen LogP contribution in [0.4, 0.5) is 0 Å². The molecule has 5 heteroatoms. The molecule has 0 aromatic carbocycles. The molecule has 0 aromatic rings. The minimum atomic E-state index is -0.0260. The zero-order valence-corrected chi connectivity index (χ0v) is 11.4. The van der Waals surface area contributed by atoms with Crippen molar-refractivity contribution in [1.29, 1.82) is 0 Å². The van der Waals surface area contributed by atoms with Crippen LogP contribution < -0.4 is 0 Å². The highest BCUT2D eigenvalue weighted by Gasteiger charge is 2.33. The molecule has 0 amide bonds.